The summed E-state index contributed by atoms with van der Waals surface area (Å²) < 4.78 is 0. The van der Waals surface area contributed by atoms with Crippen molar-refractivity contribution in [3.8, 4) is 0 Å². The molecule has 0 aliphatic carbocycles. The van der Waals surface area contributed by atoms with Crippen molar-refractivity contribution >= 4 is 17.0 Å². The summed E-state index contributed by atoms with van der Waals surface area (Å²) >= 11 is 1.80. The van der Waals surface area contributed by atoms with Gasteiger partial charge in [0, 0.05) is 36.4 Å². The lowest BCUT2D eigenvalue weighted by molar-refractivity contribution is 0.318. The first-order valence-corrected chi connectivity index (χ1v) is 7.55. The minimum atomic E-state index is 0.875. The summed E-state index contributed by atoms with van der Waals surface area (Å²) in [4.78, 5) is 8.12. The molecule has 3 nitrogen and oxygen atoms in total. The van der Waals surface area contributed by atoms with Crippen LogP contribution in [0, 0.1) is 0 Å². The maximum atomic E-state index is 4.44. The summed E-state index contributed by atoms with van der Waals surface area (Å²) in [5, 5.41) is 5.52. The molecule has 102 valence electrons. The van der Waals surface area contributed by atoms with Crippen LogP contribution in [0.15, 0.2) is 35.8 Å². The van der Waals surface area contributed by atoms with Crippen molar-refractivity contribution < 1.29 is 0 Å². The molecule has 0 bridgehead atoms. The molecule has 0 fully saturated rings. The van der Waals surface area contributed by atoms with Gasteiger partial charge >= 0.3 is 0 Å². The van der Waals surface area contributed by atoms with E-state index in [1.54, 1.807) is 11.3 Å². The van der Waals surface area contributed by atoms with Crippen molar-refractivity contribution in [1.82, 2.24) is 9.88 Å². The van der Waals surface area contributed by atoms with Crippen LogP contribution in [0.5, 0.6) is 0 Å². The number of nitrogens with one attached hydrogen (secondary N) is 1. The first-order chi connectivity index (χ1) is 9.28. The van der Waals surface area contributed by atoms with Crippen molar-refractivity contribution in [2.75, 3.05) is 18.9 Å². The van der Waals surface area contributed by atoms with Crippen molar-refractivity contribution in [1.29, 1.82) is 0 Å². The van der Waals surface area contributed by atoms with Gasteiger partial charge in [-0.15, -0.1) is 11.3 Å². The highest BCUT2D eigenvalue weighted by molar-refractivity contribution is 7.09. The normalized spacial score (nSPS) is 10.9. The van der Waals surface area contributed by atoms with E-state index in [9.17, 15) is 0 Å². The molecular weight excluding hydrogens is 254 g/mol. The van der Waals surface area contributed by atoms with Gasteiger partial charge in [0.05, 0.1) is 5.69 Å². The number of rotatable bonds is 7. The number of anilines is 1. The average Bonchev–Trinajstić information content (AvgIpc) is 2.89. The number of pyridine rings is 1. The van der Waals surface area contributed by atoms with Gasteiger partial charge < -0.3 is 5.32 Å². The predicted octanol–water partition coefficient (Wildman–Crippen LogP) is 3.60. The lowest BCUT2D eigenvalue weighted by Crippen LogP contribution is -2.17. The van der Waals surface area contributed by atoms with Crippen LogP contribution in [-0.4, -0.2) is 23.5 Å². The molecule has 0 atom stereocenters. The first-order valence-electron chi connectivity index (χ1n) is 6.67. The van der Waals surface area contributed by atoms with Gasteiger partial charge in [0.1, 0.15) is 0 Å². The Kier molecular flexibility index (Phi) is 5.36. The van der Waals surface area contributed by atoms with Crippen LogP contribution in [0.2, 0.25) is 0 Å². The molecular formula is C15H21N3S. The zero-order chi connectivity index (χ0) is 13.5. The lowest BCUT2D eigenvalue weighted by atomic mass is 10.3. The van der Waals surface area contributed by atoms with Gasteiger partial charge in [0.15, 0.2) is 0 Å². The van der Waals surface area contributed by atoms with E-state index in [4.69, 9.17) is 0 Å². The number of aromatic nitrogens is 1. The van der Waals surface area contributed by atoms with Gasteiger partial charge in [-0.3, -0.25) is 9.88 Å². The van der Waals surface area contributed by atoms with E-state index in [1.807, 2.05) is 12.3 Å². The van der Waals surface area contributed by atoms with E-state index < -0.39 is 0 Å². The summed E-state index contributed by atoms with van der Waals surface area (Å²) in [6.45, 7) is 5.03. The monoisotopic (exact) mass is 275 g/mol. The van der Waals surface area contributed by atoms with Gasteiger partial charge in [-0.05, 0) is 37.0 Å². The van der Waals surface area contributed by atoms with Gasteiger partial charge in [0.25, 0.3) is 0 Å². The van der Waals surface area contributed by atoms with E-state index in [1.165, 1.54) is 4.88 Å². The quantitative estimate of drug-likeness (QED) is 0.837. The smallest absolute Gasteiger partial charge is 0.0564 e. The molecule has 19 heavy (non-hydrogen) atoms. The Morgan fingerprint density at radius 1 is 1.32 bits per heavy atom. The highest BCUT2D eigenvalue weighted by atomic mass is 32.1. The number of nitrogens with zero attached hydrogens (tertiary/aromatic N) is 2. The molecule has 2 heterocycles. The second-order valence-electron chi connectivity index (χ2n) is 4.71. The molecule has 1 N–H and O–H groups in total. The Hall–Kier alpha value is -1.39. The summed E-state index contributed by atoms with van der Waals surface area (Å²) in [5.41, 5.74) is 2.27. The van der Waals surface area contributed by atoms with Crippen molar-refractivity contribution in [3.63, 3.8) is 0 Å². The van der Waals surface area contributed by atoms with Crippen molar-refractivity contribution in [3.05, 3.63) is 46.4 Å². The molecule has 0 spiro atoms. The van der Waals surface area contributed by atoms with Crippen LogP contribution in [0.3, 0.4) is 0 Å². The third kappa shape index (κ3) is 4.65. The Labute approximate surface area is 119 Å². The third-order valence-corrected chi connectivity index (χ3v) is 3.69. The van der Waals surface area contributed by atoms with Gasteiger partial charge in [-0.25, -0.2) is 0 Å². The maximum absolute atomic E-state index is 4.44. The number of thiophene rings is 1. The zero-order valence-corrected chi connectivity index (χ0v) is 12.4. The average molecular weight is 275 g/mol. The molecule has 4 heteroatoms. The maximum Gasteiger partial charge on any atom is 0.0564 e. The second-order valence-corrected chi connectivity index (χ2v) is 5.75. The summed E-state index contributed by atoms with van der Waals surface area (Å²) in [6, 6.07) is 8.44. The summed E-state index contributed by atoms with van der Waals surface area (Å²) in [7, 11) is 2.13. The third-order valence-electron chi connectivity index (χ3n) is 2.83. The first kappa shape index (κ1) is 14.0. The molecule has 2 rings (SSSR count). The molecule has 0 amide bonds. The van der Waals surface area contributed by atoms with Crippen LogP contribution in [0.25, 0.3) is 0 Å². The molecule has 0 aromatic carbocycles. The molecule has 0 aliphatic heterocycles. The Morgan fingerprint density at radius 3 is 2.95 bits per heavy atom. The summed E-state index contributed by atoms with van der Waals surface area (Å²) in [5.74, 6) is 0. The van der Waals surface area contributed by atoms with Crippen LogP contribution in [-0.2, 0) is 13.1 Å². The molecule has 0 unspecified atom stereocenters. The minimum absolute atomic E-state index is 0.875. The Bertz CT molecular complexity index is 482. The number of hydrogen-bond acceptors (Lipinski definition) is 4. The standard InChI is InChI=1S/C15H21N3S/c1-3-7-16-13-6-8-17-14(10-13)11-18(2)12-15-5-4-9-19-15/h4-6,8-10H,3,7,11-12H2,1-2H3,(H,16,17). The predicted molar refractivity (Wildman–Crippen MR) is 82.5 cm³/mol. The van der Waals surface area contributed by atoms with Gasteiger partial charge in [-0.2, -0.15) is 0 Å². The lowest BCUT2D eigenvalue weighted by Gasteiger charge is -2.15. The van der Waals surface area contributed by atoms with Gasteiger partial charge in [-0.1, -0.05) is 13.0 Å². The summed E-state index contributed by atoms with van der Waals surface area (Å²) in [6.07, 6.45) is 3.02. The van der Waals surface area contributed by atoms with Crippen molar-refractivity contribution in [2.45, 2.75) is 26.4 Å². The van der Waals surface area contributed by atoms with E-state index in [0.29, 0.717) is 0 Å². The molecule has 2 aromatic rings. The fourth-order valence-corrected chi connectivity index (χ4v) is 2.73. The number of hydrogen-bond donors (Lipinski definition) is 1. The fourth-order valence-electron chi connectivity index (χ4n) is 1.94. The molecule has 0 saturated carbocycles. The topological polar surface area (TPSA) is 28.2 Å². The van der Waals surface area contributed by atoms with Crippen LogP contribution < -0.4 is 5.32 Å². The molecule has 0 aliphatic rings. The SMILES string of the molecule is CCCNc1ccnc(CN(C)Cc2cccs2)c1. The largest absolute Gasteiger partial charge is 0.385 e. The Balaban J connectivity index is 1.90. The molecule has 0 saturated heterocycles. The molecule has 2 aromatic heterocycles. The van der Waals surface area contributed by atoms with E-state index in [0.717, 1.165) is 37.4 Å². The highest BCUT2D eigenvalue weighted by Gasteiger charge is 2.04. The second kappa shape index (κ2) is 7.26. The van der Waals surface area contributed by atoms with E-state index in [2.05, 4.69) is 52.8 Å². The molecule has 0 radical (unpaired) electrons. The van der Waals surface area contributed by atoms with E-state index >= 15 is 0 Å². The van der Waals surface area contributed by atoms with Gasteiger partial charge in [0.2, 0.25) is 0 Å². The minimum Gasteiger partial charge on any atom is -0.385 e. The van der Waals surface area contributed by atoms with E-state index in [-0.39, 0.29) is 0 Å². The van der Waals surface area contributed by atoms with Crippen molar-refractivity contribution in [2.24, 2.45) is 0 Å². The van der Waals surface area contributed by atoms with Crippen LogP contribution in [0.1, 0.15) is 23.9 Å². The van der Waals surface area contributed by atoms with Crippen LogP contribution in [0.4, 0.5) is 5.69 Å². The Morgan fingerprint density at radius 2 is 2.21 bits per heavy atom. The highest BCUT2D eigenvalue weighted by Crippen LogP contribution is 2.14. The zero-order valence-electron chi connectivity index (χ0n) is 11.6. The van der Waals surface area contributed by atoms with Crippen LogP contribution >= 0.6 is 11.3 Å². The fraction of sp³-hybridized carbons (Fsp3) is 0.400.